The number of halogens is 3. The topological polar surface area (TPSA) is 96.0 Å². The quantitative estimate of drug-likeness (QED) is 0.320. The highest BCUT2D eigenvalue weighted by Gasteiger charge is 2.21. The molecule has 0 radical (unpaired) electrons. The Hall–Kier alpha value is -3.54. The number of carbonyl (C=O) groups excluding carboxylic acids is 2. The molecule has 0 fully saturated rings. The number of ether oxygens (including phenoxy) is 4. The van der Waals surface area contributed by atoms with Gasteiger partial charge in [-0.05, 0) is 39.0 Å². The minimum atomic E-state index is -1.65. The number of fused-ring (bicyclic) bond motifs is 1. The van der Waals surface area contributed by atoms with Crippen molar-refractivity contribution in [3.05, 3.63) is 41.2 Å². The Kier molecular flexibility index (Phi) is 8.16. The lowest BCUT2D eigenvalue weighted by Crippen LogP contribution is -2.21. The SMILES string of the molecule is CCOc1cc(C(=O)OCC(=O)Nc2nc3c(F)c(F)c(F)cc3s2)cc(OCC)c1OCC. The highest BCUT2D eigenvalue weighted by Crippen LogP contribution is 2.39. The number of nitrogens with zero attached hydrogens (tertiary/aromatic N) is 1. The summed E-state index contributed by atoms with van der Waals surface area (Å²) in [5, 5.41) is 2.19. The molecule has 0 aliphatic carbocycles. The Morgan fingerprint density at radius 1 is 0.941 bits per heavy atom. The summed E-state index contributed by atoms with van der Waals surface area (Å²) in [4.78, 5) is 28.5. The van der Waals surface area contributed by atoms with Crippen LogP contribution >= 0.6 is 11.3 Å². The second-order valence-electron chi connectivity index (χ2n) is 6.58. The summed E-state index contributed by atoms with van der Waals surface area (Å²) in [7, 11) is 0. The van der Waals surface area contributed by atoms with Crippen LogP contribution in [0.2, 0.25) is 0 Å². The van der Waals surface area contributed by atoms with E-state index >= 15 is 0 Å². The zero-order chi connectivity index (χ0) is 24.8. The number of rotatable bonds is 10. The molecule has 1 N–H and O–H groups in total. The van der Waals surface area contributed by atoms with Crippen LogP contribution < -0.4 is 19.5 Å². The van der Waals surface area contributed by atoms with Crippen molar-refractivity contribution in [2.45, 2.75) is 20.8 Å². The molecule has 0 unspecified atom stereocenters. The Morgan fingerprint density at radius 3 is 2.15 bits per heavy atom. The summed E-state index contributed by atoms with van der Waals surface area (Å²) < 4.78 is 62.3. The smallest absolute Gasteiger partial charge is 0.338 e. The molecule has 3 rings (SSSR count). The van der Waals surface area contributed by atoms with Gasteiger partial charge in [0.1, 0.15) is 5.52 Å². The zero-order valence-electron chi connectivity index (χ0n) is 18.5. The Morgan fingerprint density at radius 2 is 1.56 bits per heavy atom. The molecule has 1 amide bonds. The number of benzene rings is 2. The van der Waals surface area contributed by atoms with Crippen LogP contribution in [0, 0.1) is 17.5 Å². The van der Waals surface area contributed by atoms with E-state index in [9.17, 15) is 22.8 Å². The summed E-state index contributed by atoms with van der Waals surface area (Å²) in [6.07, 6.45) is 0. The Balaban J connectivity index is 1.72. The van der Waals surface area contributed by atoms with Crippen LogP contribution in [-0.2, 0) is 9.53 Å². The van der Waals surface area contributed by atoms with E-state index in [0.29, 0.717) is 25.6 Å². The fourth-order valence-corrected chi connectivity index (χ4v) is 3.81. The second-order valence-corrected chi connectivity index (χ2v) is 7.61. The molecule has 0 aliphatic heterocycles. The number of esters is 1. The Labute approximate surface area is 196 Å². The highest BCUT2D eigenvalue weighted by molar-refractivity contribution is 7.22. The molecular weight excluding hydrogens is 477 g/mol. The van der Waals surface area contributed by atoms with E-state index in [4.69, 9.17) is 18.9 Å². The van der Waals surface area contributed by atoms with E-state index in [1.807, 2.05) is 0 Å². The van der Waals surface area contributed by atoms with E-state index < -0.39 is 41.5 Å². The van der Waals surface area contributed by atoms with Gasteiger partial charge >= 0.3 is 5.97 Å². The van der Waals surface area contributed by atoms with Crippen LogP contribution in [-0.4, -0.2) is 43.3 Å². The minimum absolute atomic E-state index is 0.00462. The number of anilines is 1. The monoisotopic (exact) mass is 498 g/mol. The maximum atomic E-state index is 13.8. The number of thiazole rings is 1. The molecule has 0 saturated heterocycles. The zero-order valence-corrected chi connectivity index (χ0v) is 19.3. The molecule has 0 atom stereocenters. The molecule has 1 aromatic heterocycles. The summed E-state index contributed by atoms with van der Waals surface area (Å²) >= 11 is 0.737. The lowest BCUT2D eigenvalue weighted by molar-refractivity contribution is -0.119. The first-order chi connectivity index (χ1) is 16.3. The van der Waals surface area contributed by atoms with Crippen molar-refractivity contribution in [3.8, 4) is 17.2 Å². The lowest BCUT2D eigenvalue weighted by atomic mass is 10.2. The van der Waals surface area contributed by atoms with Gasteiger partial charge in [-0.15, -0.1) is 0 Å². The van der Waals surface area contributed by atoms with E-state index in [1.54, 1.807) is 20.8 Å². The molecule has 0 spiro atoms. The maximum absolute atomic E-state index is 13.8. The molecule has 34 heavy (non-hydrogen) atoms. The van der Waals surface area contributed by atoms with Crippen molar-refractivity contribution in [3.63, 3.8) is 0 Å². The third kappa shape index (κ3) is 5.50. The number of hydrogen-bond donors (Lipinski definition) is 1. The number of nitrogens with one attached hydrogen (secondary N) is 1. The average molecular weight is 498 g/mol. The third-order valence-corrected chi connectivity index (χ3v) is 5.16. The van der Waals surface area contributed by atoms with Gasteiger partial charge in [0.25, 0.3) is 5.91 Å². The van der Waals surface area contributed by atoms with Crippen LogP contribution in [0.15, 0.2) is 18.2 Å². The molecule has 12 heteroatoms. The molecule has 3 aromatic rings. The fourth-order valence-electron chi connectivity index (χ4n) is 2.90. The van der Waals surface area contributed by atoms with E-state index in [0.717, 1.165) is 17.4 Å². The van der Waals surface area contributed by atoms with Crippen LogP contribution in [0.5, 0.6) is 17.2 Å². The molecule has 2 aromatic carbocycles. The van der Waals surface area contributed by atoms with Crippen LogP contribution in [0.3, 0.4) is 0 Å². The van der Waals surface area contributed by atoms with Crippen LogP contribution in [0.4, 0.5) is 18.3 Å². The van der Waals surface area contributed by atoms with Crippen LogP contribution in [0.1, 0.15) is 31.1 Å². The minimum Gasteiger partial charge on any atom is -0.490 e. The molecular formula is C22H21F3N2O6S. The van der Waals surface area contributed by atoms with E-state index in [2.05, 4.69) is 10.3 Å². The number of carbonyl (C=O) groups is 2. The molecule has 0 aliphatic rings. The maximum Gasteiger partial charge on any atom is 0.338 e. The van der Waals surface area contributed by atoms with Crippen molar-refractivity contribution >= 4 is 38.6 Å². The number of aromatic nitrogens is 1. The van der Waals surface area contributed by atoms with Crippen molar-refractivity contribution in [2.75, 3.05) is 31.7 Å². The normalized spacial score (nSPS) is 10.8. The lowest BCUT2D eigenvalue weighted by Gasteiger charge is -2.16. The summed E-state index contributed by atoms with van der Waals surface area (Å²) in [6.45, 7) is 5.59. The molecule has 8 nitrogen and oxygen atoms in total. The molecule has 1 heterocycles. The van der Waals surface area contributed by atoms with Gasteiger partial charge in [0.15, 0.2) is 40.7 Å². The van der Waals surface area contributed by atoms with Gasteiger partial charge in [-0.1, -0.05) is 11.3 Å². The highest BCUT2D eigenvalue weighted by atomic mass is 32.1. The average Bonchev–Trinajstić information content (AvgIpc) is 3.20. The second kappa shape index (κ2) is 11.1. The van der Waals surface area contributed by atoms with Crippen molar-refractivity contribution < 1.29 is 41.7 Å². The van der Waals surface area contributed by atoms with Gasteiger partial charge in [0, 0.05) is 0 Å². The molecule has 0 saturated carbocycles. The van der Waals surface area contributed by atoms with Gasteiger partial charge < -0.3 is 18.9 Å². The van der Waals surface area contributed by atoms with Crippen molar-refractivity contribution in [1.82, 2.24) is 4.98 Å². The summed E-state index contributed by atoms with van der Waals surface area (Å²) in [6, 6.07) is 3.60. The van der Waals surface area contributed by atoms with Crippen LogP contribution in [0.25, 0.3) is 10.2 Å². The fraction of sp³-hybridized carbons (Fsp3) is 0.318. The first kappa shape index (κ1) is 25.1. The number of hydrogen-bond acceptors (Lipinski definition) is 8. The van der Waals surface area contributed by atoms with Crippen molar-refractivity contribution in [2.24, 2.45) is 0 Å². The third-order valence-electron chi connectivity index (χ3n) is 4.25. The van der Waals surface area contributed by atoms with Crippen molar-refractivity contribution in [1.29, 1.82) is 0 Å². The predicted molar refractivity (Wildman–Crippen MR) is 118 cm³/mol. The van der Waals surface area contributed by atoms with Gasteiger partial charge in [0.2, 0.25) is 5.75 Å². The summed E-state index contributed by atoms with van der Waals surface area (Å²) in [5.41, 5.74) is -0.353. The summed E-state index contributed by atoms with van der Waals surface area (Å²) in [5.74, 6) is -5.19. The van der Waals surface area contributed by atoms with E-state index in [1.165, 1.54) is 12.1 Å². The van der Waals surface area contributed by atoms with Gasteiger partial charge in [-0.25, -0.2) is 22.9 Å². The number of amides is 1. The molecule has 0 bridgehead atoms. The van der Waals surface area contributed by atoms with E-state index in [-0.39, 0.29) is 26.9 Å². The van der Waals surface area contributed by atoms with Gasteiger partial charge in [-0.3, -0.25) is 10.1 Å². The first-order valence-electron chi connectivity index (χ1n) is 10.3. The standard InChI is InChI=1S/C22H21F3N2O6S/c1-4-30-13-7-11(8-14(31-5-2)20(13)32-6-3)21(29)33-10-16(28)26-22-27-19-15(34-22)9-12(23)17(24)18(19)25/h7-9H,4-6,10H2,1-3H3,(H,26,27,28). The van der Waals surface area contributed by atoms with Gasteiger partial charge in [0.05, 0.1) is 30.1 Å². The Bertz CT molecular complexity index is 1190. The molecule has 182 valence electrons. The predicted octanol–water partition coefficient (Wildman–Crippen LogP) is 4.71. The largest absolute Gasteiger partial charge is 0.490 e. The first-order valence-corrected chi connectivity index (χ1v) is 11.1. The van der Waals surface area contributed by atoms with Gasteiger partial charge in [-0.2, -0.15) is 0 Å².